The van der Waals surface area contributed by atoms with Gasteiger partial charge in [-0.1, -0.05) is 45.0 Å². The third-order valence-electron chi connectivity index (χ3n) is 4.30. The van der Waals surface area contributed by atoms with Gasteiger partial charge in [-0.3, -0.25) is 9.78 Å². The molecule has 28 heavy (non-hydrogen) atoms. The largest absolute Gasteiger partial charge is 0.424 e. The van der Waals surface area contributed by atoms with Crippen LogP contribution in [0.3, 0.4) is 0 Å². The monoisotopic (exact) mass is 427 g/mol. The lowest BCUT2D eigenvalue weighted by atomic mass is 9.93. The molecule has 1 aromatic carbocycles. The molecule has 0 aliphatic carbocycles. The number of rotatable bonds is 7. The summed E-state index contributed by atoms with van der Waals surface area (Å²) >= 11 is 0. The number of hydrogen-bond acceptors (Lipinski definition) is 5. The minimum absolute atomic E-state index is 0. The Morgan fingerprint density at radius 1 is 1.11 bits per heavy atom. The van der Waals surface area contributed by atoms with Crippen LogP contribution in [0.1, 0.15) is 49.7 Å². The summed E-state index contributed by atoms with van der Waals surface area (Å²) in [5, 5.41) is 0. The van der Waals surface area contributed by atoms with E-state index >= 15 is 0 Å². The van der Waals surface area contributed by atoms with Gasteiger partial charge in [0.2, 0.25) is 0 Å². The first-order valence-corrected chi connectivity index (χ1v) is 9.13. The molecule has 0 saturated carbocycles. The molecule has 1 aromatic heterocycles. The number of halogens is 2. The summed E-state index contributed by atoms with van der Waals surface area (Å²) in [6.45, 7) is 8.77. The van der Waals surface area contributed by atoms with Crippen LogP contribution in [0.25, 0.3) is 11.1 Å². The second-order valence-electron chi connectivity index (χ2n) is 6.86. The molecule has 0 aliphatic heterocycles. The molecule has 0 unspecified atom stereocenters. The summed E-state index contributed by atoms with van der Waals surface area (Å²) in [6.07, 6.45) is 1.12. The molecule has 4 N–H and O–H groups in total. The van der Waals surface area contributed by atoms with E-state index in [1.807, 2.05) is 31.2 Å². The van der Waals surface area contributed by atoms with Gasteiger partial charge >= 0.3 is 5.97 Å². The Bertz CT molecular complexity index is 778. The van der Waals surface area contributed by atoms with E-state index in [1.165, 1.54) is 0 Å². The van der Waals surface area contributed by atoms with Gasteiger partial charge in [-0.15, -0.1) is 24.8 Å². The van der Waals surface area contributed by atoms with Crippen LogP contribution in [0.4, 0.5) is 0 Å². The maximum Gasteiger partial charge on any atom is 0.310 e. The van der Waals surface area contributed by atoms with Crippen molar-refractivity contribution in [3.05, 3.63) is 46.8 Å². The quantitative estimate of drug-likeness (QED) is 0.641. The van der Waals surface area contributed by atoms with Crippen molar-refractivity contribution in [3.8, 4) is 16.9 Å². The maximum atomic E-state index is 12.0. The molecule has 7 heteroatoms. The van der Waals surface area contributed by atoms with Crippen molar-refractivity contribution in [2.75, 3.05) is 0 Å². The van der Waals surface area contributed by atoms with Gasteiger partial charge in [0.15, 0.2) is 5.75 Å². The molecule has 0 spiro atoms. The van der Waals surface area contributed by atoms with Crippen molar-refractivity contribution in [3.63, 3.8) is 0 Å². The number of carbonyl (C=O) groups excluding carboxylic acids is 1. The SMILES string of the molecule is CCC(=O)Oc1c(C)nc(CC(C)C)c(CN)c1-c1ccc(CN)cc1.Cl.Cl. The highest BCUT2D eigenvalue weighted by atomic mass is 35.5. The second kappa shape index (κ2) is 12.0. The summed E-state index contributed by atoms with van der Waals surface area (Å²) in [5.74, 6) is 0.670. The molecular weight excluding hydrogens is 397 g/mol. The van der Waals surface area contributed by atoms with E-state index in [-0.39, 0.29) is 30.8 Å². The summed E-state index contributed by atoms with van der Waals surface area (Å²) in [6, 6.07) is 7.97. The zero-order valence-electron chi connectivity index (χ0n) is 17.0. The molecule has 5 nitrogen and oxygen atoms in total. The minimum atomic E-state index is -0.283. The van der Waals surface area contributed by atoms with Gasteiger partial charge in [0, 0.05) is 30.8 Å². The normalized spacial score (nSPS) is 10.2. The first-order valence-electron chi connectivity index (χ1n) is 9.13. The average Bonchev–Trinajstić information content (AvgIpc) is 2.63. The van der Waals surface area contributed by atoms with E-state index in [9.17, 15) is 4.79 Å². The molecule has 2 rings (SSSR count). The van der Waals surface area contributed by atoms with E-state index < -0.39 is 0 Å². The summed E-state index contributed by atoms with van der Waals surface area (Å²) in [7, 11) is 0. The maximum absolute atomic E-state index is 12.0. The van der Waals surface area contributed by atoms with Gasteiger partial charge in [0.1, 0.15) is 0 Å². The van der Waals surface area contributed by atoms with Crippen LogP contribution in [-0.2, 0) is 24.3 Å². The highest BCUT2D eigenvalue weighted by Crippen LogP contribution is 2.38. The molecule has 0 bridgehead atoms. The number of aromatic nitrogens is 1. The number of nitrogens with zero attached hydrogens (tertiary/aromatic N) is 1. The number of hydrogen-bond donors (Lipinski definition) is 2. The van der Waals surface area contributed by atoms with Crippen LogP contribution in [0.15, 0.2) is 24.3 Å². The Morgan fingerprint density at radius 3 is 2.18 bits per heavy atom. The first kappa shape index (κ1) is 26.3. The van der Waals surface area contributed by atoms with Crippen LogP contribution in [0.5, 0.6) is 5.75 Å². The fraction of sp³-hybridized carbons (Fsp3) is 0.429. The Labute approximate surface area is 180 Å². The average molecular weight is 428 g/mol. The molecule has 1 heterocycles. The van der Waals surface area contributed by atoms with E-state index in [4.69, 9.17) is 21.2 Å². The Balaban J connectivity index is 0.00000364. The molecule has 0 amide bonds. The van der Waals surface area contributed by atoms with Crippen molar-refractivity contribution >= 4 is 30.8 Å². The zero-order chi connectivity index (χ0) is 19.3. The Hall–Kier alpha value is -1.66. The van der Waals surface area contributed by atoms with Crippen molar-refractivity contribution in [2.24, 2.45) is 17.4 Å². The summed E-state index contributed by atoms with van der Waals surface area (Å²) < 4.78 is 5.66. The fourth-order valence-electron chi connectivity index (χ4n) is 2.98. The van der Waals surface area contributed by atoms with Crippen LogP contribution in [0.2, 0.25) is 0 Å². The lowest BCUT2D eigenvalue weighted by Gasteiger charge is -2.20. The summed E-state index contributed by atoms with van der Waals surface area (Å²) in [4.78, 5) is 16.7. The van der Waals surface area contributed by atoms with Crippen molar-refractivity contribution in [1.29, 1.82) is 0 Å². The van der Waals surface area contributed by atoms with Gasteiger partial charge < -0.3 is 16.2 Å². The number of ether oxygens (including phenoxy) is 1. The third kappa shape index (κ3) is 6.17. The summed E-state index contributed by atoms with van der Waals surface area (Å²) in [5.41, 5.74) is 17.3. The molecular formula is C21H31Cl2N3O2. The van der Waals surface area contributed by atoms with Crippen LogP contribution < -0.4 is 16.2 Å². The smallest absolute Gasteiger partial charge is 0.310 e. The van der Waals surface area contributed by atoms with E-state index in [1.54, 1.807) is 6.92 Å². The Kier molecular flexibility index (Phi) is 11.3. The van der Waals surface area contributed by atoms with Gasteiger partial charge in [-0.2, -0.15) is 0 Å². The van der Waals surface area contributed by atoms with Gasteiger partial charge in [-0.05, 0) is 36.0 Å². The van der Waals surface area contributed by atoms with Crippen LogP contribution >= 0.6 is 24.8 Å². The predicted molar refractivity (Wildman–Crippen MR) is 119 cm³/mol. The Morgan fingerprint density at radius 2 is 1.71 bits per heavy atom. The number of esters is 1. The van der Waals surface area contributed by atoms with Crippen molar-refractivity contribution in [2.45, 2.75) is 53.6 Å². The highest BCUT2D eigenvalue weighted by Gasteiger charge is 2.22. The second-order valence-corrected chi connectivity index (χ2v) is 6.86. The van der Waals surface area contributed by atoms with E-state index in [0.29, 0.717) is 36.9 Å². The molecule has 0 fully saturated rings. The van der Waals surface area contributed by atoms with E-state index in [2.05, 4.69) is 13.8 Å². The zero-order valence-corrected chi connectivity index (χ0v) is 18.6. The molecule has 156 valence electrons. The van der Waals surface area contributed by atoms with Crippen LogP contribution in [0, 0.1) is 12.8 Å². The highest BCUT2D eigenvalue weighted by molar-refractivity contribution is 5.85. The molecule has 0 atom stereocenters. The number of pyridine rings is 1. The minimum Gasteiger partial charge on any atom is -0.424 e. The molecule has 2 aromatic rings. The molecule has 0 radical (unpaired) electrons. The topological polar surface area (TPSA) is 91.2 Å². The standard InChI is InChI=1S/C21H29N3O2.2ClH/c1-5-19(25)26-21-14(4)24-18(10-13(2)3)17(12-23)20(21)16-8-6-15(11-22)7-9-16;;/h6-9,13H,5,10-12,22-23H2,1-4H3;2*1H. The molecule has 0 aliphatic rings. The van der Waals surface area contributed by atoms with Crippen molar-refractivity contribution in [1.82, 2.24) is 4.98 Å². The lowest BCUT2D eigenvalue weighted by Crippen LogP contribution is -2.15. The number of carbonyl (C=O) groups is 1. The number of nitrogens with two attached hydrogens (primary N) is 2. The lowest BCUT2D eigenvalue weighted by molar-refractivity contribution is -0.134. The molecule has 0 saturated heterocycles. The van der Waals surface area contributed by atoms with Gasteiger partial charge in [-0.25, -0.2) is 0 Å². The third-order valence-corrected chi connectivity index (χ3v) is 4.30. The fourth-order valence-corrected chi connectivity index (χ4v) is 2.98. The number of benzene rings is 1. The predicted octanol–water partition coefficient (Wildman–Crippen LogP) is 4.33. The van der Waals surface area contributed by atoms with Gasteiger partial charge in [0.25, 0.3) is 0 Å². The van der Waals surface area contributed by atoms with Crippen molar-refractivity contribution < 1.29 is 9.53 Å². The van der Waals surface area contributed by atoms with Crippen LogP contribution in [-0.4, -0.2) is 11.0 Å². The van der Waals surface area contributed by atoms with Gasteiger partial charge in [0.05, 0.1) is 5.69 Å². The first-order chi connectivity index (χ1) is 12.4. The number of aryl methyl sites for hydroxylation is 1. The van der Waals surface area contributed by atoms with E-state index in [0.717, 1.165) is 34.4 Å².